The van der Waals surface area contributed by atoms with Crippen molar-refractivity contribution >= 4 is 17.6 Å². The van der Waals surface area contributed by atoms with Gasteiger partial charge in [0.05, 0.1) is 5.70 Å². The van der Waals surface area contributed by atoms with Crippen LogP contribution >= 0.6 is 0 Å². The molecular formula is C16H18N2O3. The molecule has 21 heavy (non-hydrogen) atoms. The minimum absolute atomic E-state index is 0.153. The highest BCUT2D eigenvalue weighted by Gasteiger charge is 2.34. The Hall–Kier alpha value is -2.30. The summed E-state index contributed by atoms with van der Waals surface area (Å²) in [7, 11) is 0. The average molecular weight is 286 g/mol. The van der Waals surface area contributed by atoms with Gasteiger partial charge in [0.15, 0.2) is 0 Å². The molecule has 0 saturated carbocycles. The van der Waals surface area contributed by atoms with Gasteiger partial charge in [0.25, 0.3) is 5.91 Å². The van der Waals surface area contributed by atoms with Crippen LogP contribution in [0.1, 0.15) is 19.3 Å². The number of hydrogen-bond acceptors (Lipinski definition) is 4. The van der Waals surface area contributed by atoms with Gasteiger partial charge < -0.3 is 15.0 Å². The number of esters is 1. The highest BCUT2D eigenvalue weighted by atomic mass is 16.5. The zero-order valence-corrected chi connectivity index (χ0v) is 11.8. The smallest absolute Gasteiger partial charge is 0.346 e. The molecule has 0 bridgehead atoms. The molecule has 1 aromatic rings. The standard InChI is InChI=1S/C16H18N2O3/c19-15(17-12-7-3-1-4-8-12)14-13(11-21-16(14)20)18-9-5-2-6-10-18/h1,3-4,7-8H,2,5-6,9-11H2,(H,17,19). The van der Waals surface area contributed by atoms with Crippen molar-refractivity contribution < 1.29 is 14.3 Å². The predicted octanol–water partition coefficient (Wildman–Crippen LogP) is 1.92. The Morgan fingerprint density at radius 1 is 1.10 bits per heavy atom. The first-order valence-electron chi connectivity index (χ1n) is 7.27. The van der Waals surface area contributed by atoms with Crippen molar-refractivity contribution in [3.05, 3.63) is 41.6 Å². The summed E-state index contributed by atoms with van der Waals surface area (Å²) in [6.07, 6.45) is 3.38. The Bertz CT molecular complexity index is 574. The molecule has 0 radical (unpaired) electrons. The molecule has 110 valence electrons. The molecule has 5 heteroatoms. The van der Waals surface area contributed by atoms with Crippen LogP contribution in [0.15, 0.2) is 41.6 Å². The van der Waals surface area contributed by atoms with Crippen LogP contribution < -0.4 is 5.32 Å². The summed E-state index contributed by atoms with van der Waals surface area (Å²) in [6, 6.07) is 9.13. The number of nitrogens with one attached hydrogen (secondary N) is 1. The second kappa shape index (κ2) is 5.99. The molecule has 3 rings (SSSR count). The van der Waals surface area contributed by atoms with E-state index in [1.54, 1.807) is 12.1 Å². The maximum atomic E-state index is 12.4. The van der Waals surface area contributed by atoms with Crippen molar-refractivity contribution in [2.75, 3.05) is 25.0 Å². The first-order valence-corrected chi connectivity index (χ1v) is 7.27. The molecule has 1 N–H and O–H groups in total. The fourth-order valence-electron chi connectivity index (χ4n) is 2.75. The van der Waals surface area contributed by atoms with Gasteiger partial charge in [0, 0.05) is 18.8 Å². The maximum Gasteiger partial charge on any atom is 0.346 e. The molecule has 5 nitrogen and oxygen atoms in total. The molecule has 1 saturated heterocycles. The van der Waals surface area contributed by atoms with Crippen LogP contribution in [0.2, 0.25) is 0 Å². The van der Waals surface area contributed by atoms with Crippen LogP contribution in [0.4, 0.5) is 5.69 Å². The van der Waals surface area contributed by atoms with E-state index in [2.05, 4.69) is 10.2 Å². The number of amides is 1. The minimum Gasteiger partial charge on any atom is -0.455 e. The van der Waals surface area contributed by atoms with Crippen LogP contribution in [0.3, 0.4) is 0 Å². The summed E-state index contributed by atoms with van der Waals surface area (Å²) in [4.78, 5) is 26.4. The lowest BCUT2D eigenvalue weighted by Gasteiger charge is -2.29. The Morgan fingerprint density at radius 3 is 2.52 bits per heavy atom. The number of rotatable bonds is 3. The van der Waals surface area contributed by atoms with Gasteiger partial charge in [-0.1, -0.05) is 18.2 Å². The van der Waals surface area contributed by atoms with E-state index in [1.807, 2.05) is 18.2 Å². The third-order valence-electron chi connectivity index (χ3n) is 3.83. The molecule has 2 aliphatic rings. The molecule has 1 fully saturated rings. The van der Waals surface area contributed by atoms with Gasteiger partial charge in [0.2, 0.25) is 0 Å². The Labute approximate surface area is 123 Å². The van der Waals surface area contributed by atoms with E-state index >= 15 is 0 Å². The summed E-state index contributed by atoms with van der Waals surface area (Å²) in [5, 5.41) is 2.76. The largest absolute Gasteiger partial charge is 0.455 e. The number of ether oxygens (including phenoxy) is 1. The van der Waals surface area contributed by atoms with E-state index < -0.39 is 5.97 Å². The molecule has 2 aliphatic heterocycles. The molecule has 0 aromatic heterocycles. The maximum absolute atomic E-state index is 12.4. The first kappa shape index (κ1) is 13.7. The van der Waals surface area contributed by atoms with Crippen LogP contribution in [0, 0.1) is 0 Å². The molecule has 0 atom stereocenters. The molecule has 0 unspecified atom stereocenters. The van der Waals surface area contributed by atoms with Crippen molar-refractivity contribution in [3.63, 3.8) is 0 Å². The van der Waals surface area contributed by atoms with E-state index in [9.17, 15) is 9.59 Å². The molecule has 0 aliphatic carbocycles. The highest BCUT2D eigenvalue weighted by Crippen LogP contribution is 2.24. The summed E-state index contributed by atoms with van der Waals surface area (Å²) in [6.45, 7) is 1.97. The second-order valence-corrected chi connectivity index (χ2v) is 5.27. The van der Waals surface area contributed by atoms with Crippen LogP contribution in [0.5, 0.6) is 0 Å². The van der Waals surface area contributed by atoms with Crippen LogP contribution in [-0.4, -0.2) is 36.5 Å². The van der Waals surface area contributed by atoms with Gasteiger partial charge in [-0.25, -0.2) is 4.79 Å². The number of carbonyl (C=O) groups is 2. The molecule has 1 amide bonds. The molecule has 0 spiro atoms. The fraction of sp³-hybridized carbons (Fsp3) is 0.375. The van der Waals surface area contributed by atoms with E-state index in [1.165, 1.54) is 6.42 Å². The molecular weight excluding hydrogens is 268 g/mol. The summed E-state index contributed by atoms with van der Waals surface area (Å²) >= 11 is 0. The molecule has 2 heterocycles. The van der Waals surface area contributed by atoms with Crippen LogP contribution in [0.25, 0.3) is 0 Å². The lowest BCUT2D eigenvalue weighted by atomic mass is 10.1. The number of nitrogens with zero attached hydrogens (tertiary/aromatic N) is 1. The normalized spacial score (nSPS) is 18.7. The number of hydrogen-bond donors (Lipinski definition) is 1. The second-order valence-electron chi connectivity index (χ2n) is 5.27. The number of benzene rings is 1. The third kappa shape index (κ3) is 2.91. The Morgan fingerprint density at radius 2 is 1.81 bits per heavy atom. The van der Waals surface area contributed by atoms with Gasteiger partial charge in [-0.3, -0.25) is 4.79 Å². The van der Waals surface area contributed by atoms with Crippen molar-refractivity contribution in [2.45, 2.75) is 19.3 Å². The van der Waals surface area contributed by atoms with Gasteiger partial charge in [0.1, 0.15) is 12.2 Å². The SMILES string of the molecule is O=C(Nc1ccccc1)C1=C(N2CCCCC2)COC1=O. The fourth-order valence-corrected chi connectivity index (χ4v) is 2.75. The number of likely N-dealkylation sites (tertiary alicyclic amines) is 1. The Balaban J connectivity index is 1.82. The number of cyclic esters (lactones) is 1. The van der Waals surface area contributed by atoms with E-state index in [-0.39, 0.29) is 18.1 Å². The summed E-state index contributed by atoms with van der Waals surface area (Å²) in [5.74, 6) is -0.909. The van der Waals surface area contributed by atoms with Crippen molar-refractivity contribution in [2.24, 2.45) is 0 Å². The van der Waals surface area contributed by atoms with Gasteiger partial charge in [-0.2, -0.15) is 0 Å². The average Bonchev–Trinajstić information content (AvgIpc) is 2.91. The summed E-state index contributed by atoms with van der Waals surface area (Å²) < 4.78 is 5.07. The number of anilines is 1. The number of carbonyl (C=O) groups excluding carboxylic acids is 2. The van der Waals surface area contributed by atoms with Crippen LogP contribution in [-0.2, 0) is 14.3 Å². The minimum atomic E-state index is -0.524. The monoisotopic (exact) mass is 286 g/mol. The lowest BCUT2D eigenvalue weighted by Crippen LogP contribution is -2.32. The van der Waals surface area contributed by atoms with E-state index in [0.29, 0.717) is 5.69 Å². The Kier molecular flexibility index (Phi) is 3.90. The quantitative estimate of drug-likeness (QED) is 0.681. The topological polar surface area (TPSA) is 58.6 Å². The summed E-state index contributed by atoms with van der Waals surface area (Å²) in [5.41, 5.74) is 1.56. The first-order chi connectivity index (χ1) is 10.3. The predicted molar refractivity (Wildman–Crippen MR) is 78.5 cm³/mol. The van der Waals surface area contributed by atoms with Crippen molar-refractivity contribution in [1.29, 1.82) is 0 Å². The zero-order valence-electron chi connectivity index (χ0n) is 11.8. The van der Waals surface area contributed by atoms with Gasteiger partial charge in [-0.05, 0) is 31.4 Å². The van der Waals surface area contributed by atoms with Gasteiger partial charge in [-0.15, -0.1) is 0 Å². The van der Waals surface area contributed by atoms with Gasteiger partial charge >= 0.3 is 5.97 Å². The van der Waals surface area contributed by atoms with E-state index in [0.717, 1.165) is 31.6 Å². The third-order valence-corrected chi connectivity index (χ3v) is 3.83. The van der Waals surface area contributed by atoms with Crippen molar-refractivity contribution in [1.82, 2.24) is 4.90 Å². The lowest BCUT2D eigenvalue weighted by molar-refractivity contribution is -0.137. The molecule has 1 aromatic carbocycles. The highest BCUT2D eigenvalue weighted by molar-refractivity contribution is 6.22. The number of piperidine rings is 1. The number of para-hydroxylation sites is 1. The van der Waals surface area contributed by atoms with Crippen molar-refractivity contribution in [3.8, 4) is 0 Å². The zero-order chi connectivity index (χ0) is 14.7. The van der Waals surface area contributed by atoms with E-state index in [4.69, 9.17) is 4.74 Å².